The van der Waals surface area contributed by atoms with Crippen LogP contribution in [0.5, 0.6) is 0 Å². The standard InChI is InChI=1S/C13H29N3/c1-11(2)13(4)14-6-7-16-9-8-15(5)10-12(16)3/h11-14H,6-10H2,1-5H3. The number of hydrogen-bond acceptors (Lipinski definition) is 3. The highest BCUT2D eigenvalue weighted by atomic mass is 15.3. The van der Waals surface area contributed by atoms with Crippen LogP contribution in [0.4, 0.5) is 0 Å². The van der Waals surface area contributed by atoms with Gasteiger partial charge in [-0.3, -0.25) is 4.90 Å². The van der Waals surface area contributed by atoms with Crippen LogP contribution < -0.4 is 5.32 Å². The van der Waals surface area contributed by atoms with Gasteiger partial charge in [0, 0.05) is 44.8 Å². The van der Waals surface area contributed by atoms with E-state index in [1.54, 1.807) is 0 Å². The van der Waals surface area contributed by atoms with Crippen molar-refractivity contribution in [2.45, 2.75) is 39.8 Å². The number of nitrogens with one attached hydrogen (secondary N) is 1. The van der Waals surface area contributed by atoms with Crippen LogP contribution in [-0.4, -0.2) is 61.7 Å². The van der Waals surface area contributed by atoms with Crippen LogP contribution in [0.25, 0.3) is 0 Å². The molecule has 0 amide bonds. The predicted molar refractivity (Wildman–Crippen MR) is 70.8 cm³/mol. The van der Waals surface area contributed by atoms with Crippen molar-refractivity contribution in [3.05, 3.63) is 0 Å². The van der Waals surface area contributed by atoms with Crippen molar-refractivity contribution in [2.75, 3.05) is 39.8 Å². The molecule has 2 atom stereocenters. The van der Waals surface area contributed by atoms with Crippen LogP contribution in [-0.2, 0) is 0 Å². The molecule has 1 aliphatic heterocycles. The highest BCUT2D eigenvalue weighted by Crippen LogP contribution is 2.07. The second-order valence-electron chi connectivity index (χ2n) is 5.63. The summed E-state index contributed by atoms with van der Waals surface area (Å²) in [7, 11) is 2.22. The maximum Gasteiger partial charge on any atom is 0.0195 e. The fraction of sp³-hybridized carbons (Fsp3) is 1.00. The first-order chi connectivity index (χ1) is 7.50. The van der Waals surface area contributed by atoms with Crippen LogP contribution in [0.1, 0.15) is 27.7 Å². The summed E-state index contributed by atoms with van der Waals surface area (Å²) in [5, 5.41) is 3.61. The van der Waals surface area contributed by atoms with Gasteiger partial charge in [0.15, 0.2) is 0 Å². The van der Waals surface area contributed by atoms with Crippen LogP contribution in [0.3, 0.4) is 0 Å². The lowest BCUT2D eigenvalue weighted by Gasteiger charge is -2.38. The Kier molecular flexibility index (Phi) is 5.73. The second-order valence-corrected chi connectivity index (χ2v) is 5.63. The Morgan fingerprint density at radius 3 is 2.50 bits per heavy atom. The molecule has 0 saturated carbocycles. The summed E-state index contributed by atoms with van der Waals surface area (Å²) in [5.41, 5.74) is 0. The van der Waals surface area contributed by atoms with Gasteiger partial charge >= 0.3 is 0 Å². The minimum absolute atomic E-state index is 0.628. The minimum Gasteiger partial charge on any atom is -0.313 e. The fourth-order valence-corrected chi connectivity index (χ4v) is 2.18. The third-order valence-corrected chi connectivity index (χ3v) is 3.83. The van der Waals surface area contributed by atoms with Gasteiger partial charge in [-0.25, -0.2) is 0 Å². The lowest BCUT2D eigenvalue weighted by Crippen LogP contribution is -2.52. The van der Waals surface area contributed by atoms with E-state index in [2.05, 4.69) is 49.9 Å². The van der Waals surface area contributed by atoms with Gasteiger partial charge in [-0.15, -0.1) is 0 Å². The van der Waals surface area contributed by atoms with E-state index < -0.39 is 0 Å². The quantitative estimate of drug-likeness (QED) is 0.763. The van der Waals surface area contributed by atoms with Gasteiger partial charge in [0.05, 0.1) is 0 Å². The van der Waals surface area contributed by atoms with E-state index in [0.717, 1.165) is 12.5 Å². The molecule has 0 radical (unpaired) electrons. The average Bonchev–Trinajstić information content (AvgIpc) is 2.20. The summed E-state index contributed by atoms with van der Waals surface area (Å²) in [6.45, 7) is 15.1. The molecule has 1 N–H and O–H groups in total. The molecule has 1 heterocycles. The highest BCUT2D eigenvalue weighted by molar-refractivity contribution is 4.78. The van der Waals surface area contributed by atoms with Gasteiger partial charge in [-0.2, -0.15) is 0 Å². The average molecular weight is 227 g/mol. The summed E-state index contributed by atoms with van der Waals surface area (Å²) < 4.78 is 0. The summed E-state index contributed by atoms with van der Waals surface area (Å²) in [5.74, 6) is 0.727. The van der Waals surface area contributed by atoms with Gasteiger partial charge < -0.3 is 10.2 Å². The van der Waals surface area contributed by atoms with E-state index in [9.17, 15) is 0 Å². The molecule has 16 heavy (non-hydrogen) atoms. The van der Waals surface area contributed by atoms with Crippen LogP contribution >= 0.6 is 0 Å². The SMILES string of the molecule is CC(C)C(C)NCCN1CCN(C)CC1C. The molecule has 0 aromatic carbocycles. The molecule has 1 fully saturated rings. The summed E-state index contributed by atoms with van der Waals surface area (Å²) in [6.07, 6.45) is 0. The number of nitrogens with zero attached hydrogens (tertiary/aromatic N) is 2. The summed E-state index contributed by atoms with van der Waals surface area (Å²) >= 11 is 0. The first-order valence-electron chi connectivity index (χ1n) is 6.66. The van der Waals surface area contributed by atoms with Crippen molar-refractivity contribution < 1.29 is 0 Å². The normalized spacial score (nSPS) is 26.2. The zero-order valence-electron chi connectivity index (χ0n) is 11.7. The molecule has 0 aliphatic carbocycles. The number of hydrogen-bond donors (Lipinski definition) is 1. The maximum atomic E-state index is 3.61. The maximum absolute atomic E-state index is 3.61. The number of rotatable bonds is 5. The molecule has 0 spiro atoms. The zero-order chi connectivity index (χ0) is 12.1. The Balaban J connectivity index is 2.17. The number of likely N-dealkylation sites (N-methyl/N-ethyl adjacent to an activating group) is 1. The third-order valence-electron chi connectivity index (χ3n) is 3.83. The van der Waals surface area contributed by atoms with Crippen molar-refractivity contribution in [2.24, 2.45) is 5.92 Å². The van der Waals surface area contributed by atoms with Crippen molar-refractivity contribution in [3.8, 4) is 0 Å². The van der Waals surface area contributed by atoms with Gasteiger partial charge in [0.2, 0.25) is 0 Å². The topological polar surface area (TPSA) is 18.5 Å². The van der Waals surface area contributed by atoms with E-state index in [1.807, 2.05) is 0 Å². The van der Waals surface area contributed by atoms with Crippen LogP contribution in [0, 0.1) is 5.92 Å². The van der Waals surface area contributed by atoms with Gasteiger partial charge in [-0.1, -0.05) is 13.8 Å². The van der Waals surface area contributed by atoms with Gasteiger partial charge in [0.1, 0.15) is 0 Å². The number of piperazine rings is 1. The zero-order valence-corrected chi connectivity index (χ0v) is 11.7. The van der Waals surface area contributed by atoms with Crippen molar-refractivity contribution >= 4 is 0 Å². The van der Waals surface area contributed by atoms with Gasteiger partial charge in [0.25, 0.3) is 0 Å². The smallest absolute Gasteiger partial charge is 0.0195 e. The molecular formula is C13H29N3. The van der Waals surface area contributed by atoms with E-state index in [-0.39, 0.29) is 0 Å². The molecule has 1 rings (SSSR count). The van der Waals surface area contributed by atoms with Crippen LogP contribution in [0.2, 0.25) is 0 Å². The molecular weight excluding hydrogens is 198 g/mol. The minimum atomic E-state index is 0.628. The van der Waals surface area contributed by atoms with Crippen molar-refractivity contribution in [1.29, 1.82) is 0 Å². The van der Waals surface area contributed by atoms with E-state index in [4.69, 9.17) is 0 Å². The molecule has 1 saturated heterocycles. The largest absolute Gasteiger partial charge is 0.313 e. The molecule has 3 heteroatoms. The Morgan fingerprint density at radius 2 is 1.94 bits per heavy atom. The van der Waals surface area contributed by atoms with E-state index in [0.29, 0.717) is 12.1 Å². The predicted octanol–water partition coefficient (Wildman–Crippen LogP) is 1.26. The first-order valence-corrected chi connectivity index (χ1v) is 6.66. The Hall–Kier alpha value is -0.120. The van der Waals surface area contributed by atoms with Crippen LogP contribution in [0.15, 0.2) is 0 Å². The monoisotopic (exact) mass is 227 g/mol. The fourth-order valence-electron chi connectivity index (χ4n) is 2.18. The Bertz CT molecular complexity index is 194. The highest BCUT2D eigenvalue weighted by Gasteiger charge is 2.20. The lowest BCUT2D eigenvalue weighted by atomic mass is 10.1. The first kappa shape index (κ1) is 13.9. The van der Waals surface area contributed by atoms with Crippen molar-refractivity contribution in [3.63, 3.8) is 0 Å². The lowest BCUT2D eigenvalue weighted by molar-refractivity contribution is 0.0999. The molecule has 96 valence electrons. The molecule has 0 aromatic rings. The molecule has 1 aliphatic rings. The molecule has 0 aromatic heterocycles. The molecule has 0 bridgehead atoms. The molecule has 2 unspecified atom stereocenters. The van der Waals surface area contributed by atoms with Crippen molar-refractivity contribution in [1.82, 2.24) is 15.1 Å². The summed E-state index contributed by atoms with van der Waals surface area (Å²) in [6, 6.07) is 1.33. The van der Waals surface area contributed by atoms with E-state index in [1.165, 1.54) is 26.2 Å². The van der Waals surface area contributed by atoms with Gasteiger partial charge in [-0.05, 0) is 26.8 Å². The van der Waals surface area contributed by atoms with E-state index >= 15 is 0 Å². The second kappa shape index (κ2) is 6.58. The summed E-state index contributed by atoms with van der Waals surface area (Å²) in [4.78, 5) is 5.02. The molecule has 3 nitrogen and oxygen atoms in total. The Labute approximate surface area is 101 Å². The third kappa shape index (κ3) is 4.40. The Morgan fingerprint density at radius 1 is 1.25 bits per heavy atom.